The number of benzene rings is 2. The van der Waals surface area contributed by atoms with Gasteiger partial charge in [0, 0.05) is 18.7 Å². The van der Waals surface area contributed by atoms with Crippen molar-refractivity contribution in [1.29, 1.82) is 5.41 Å². The summed E-state index contributed by atoms with van der Waals surface area (Å²) in [6.07, 6.45) is 5.61. The van der Waals surface area contributed by atoms with E-state index in [0.29, 0.717) is 5.56 Å². The van der Waals surface area contributed by atoms with Crippen LogP contribution >= 0.6 is 0 Å². The second-order valence-electron chi connectivity index (χ2n) is 8.02. The van der Waals surface area contributed by atoms with E-state index in [0.717, 1.165) is 17.7 Å². The minimum absolute atomic E-state index is 0.114. The lowest BCUT2D eigenvalue weighted by Crippen LogP contribution is -2.62. The fourth-order valence-corrected chi connectivity index (χ4v) is 3.74. The maximum Gasteiger partial charge on any atom is 0.239 e. The molecule has 0 radical (unpaired) electrons. The number of nitrogens with zero attached hydrogens (tertiary/aromatic N) is 1. The number of terminal acetylenes is 1. The van der Waals surface area contributed by atoms with E-state index in [2.05, 4.69) is 11.2 Å². The highest BCUT2D eigenvalue weighted by atomic mass is 19.1. The summed E-state index contributed by atoms with van der Waals surface area (Å²) in [5.41, 5.74) is -0.0798. The number of likely N-dealkylation sites (N-methyl/N-ethyl adjacent to an activating group) is 1. The van der Waals surface area contributed by atoms with Crippen LogP contribution in [0, 0.1) is 29.4 Å². The maximum atomic E-state index is 14.7. The molecule has 0 unspecified atom stereocenters. The van der Waals surface area contributed by atoms with E-state index >= 15 is 0 Å². The molecular formula is C23H23F2N3O. The van der Waals surface area contributed by atoms with Gasteiger partial charge in [0.2, 0.25) is 5.91 Å². The van der Waals surface area contributed by atoms with Gasteiger partial charge in [0.25, 0.3) is 0 Å². The highest BCUT2D eigenvalue weighted by molar-refractivity contribution is 6.02. The summed E-state index contributed by atoms with van der Waals surface area (Å²) < 4.78 is 28.2. The van der Waals surface area contributed by atoms with Gasteiger partial charge in [0.05, 0.1) is 16.9 Å². The van der Waals surface area contributed by atoms with Crippen LogP contribution < -0.4 is 5.32 Å². The summed E-state index contributed by atoms with van der Waals surface area (Å²) in [4.78, 5) is 14.3. The molecule has 2 aromatic rings. The monoisotopic (exact) mass is 395 g/mol. The fourth-order valence-electron chi connectivity index (χ4n) is 3.74. The smallest absolute Gasteiger partial charge is 0.239 e. The van der Waals surface area contributed by atoms with E-state index in [9.17, 15) is 13.6 Å². The minimum atomic E-state index is -1.28. The number of carbonyl (C=O) groups is 1. The SMILES string of the molecule is C#CC(C)(C)c1ccc([C@@H]2C(=O)N(C)C(=N)N[C@]2(C)c2ccc(F)cc2F)cc1. The molecule has 2 N–H and O–H groups in total. The van der Waals surface area contributed by atoms with Crippen LogP contribution in [-0.2, 0) is 15.7 Å². The van der Waals surface area contributed by atoms with Gasteiger partial charge in [-0.15, -0.1) is 6.42 Å². The fraction of sp³-hybridized carbons (Fsp3) is 0.304. The Morgan fingerprint density at radius 1 is 1.21 bits per heavy atom. The first-order valence-electron chi connectivity index (χ1n) is 9.19. The number of amides is 1. The van der Waals surface area contributed by atoms with Crippen molar-refractivity contribution >= 4 is 11.9 Å². The maximum absolute atomic E-state index is 14.7. The quantitative estimate of drug-likeness (QED) is 0.775. The van der Waals surface area contributed by atoms with Crippen LogP contribution in [0.4, 0.5) is 8.78 Å². The molecule has 0 spiro atoms. The van der Waals surface area contributed by atoms with E-state index in [1.807, 2.05) is 26.0 Å². The molecule has 1 aliphatic heterocycles. The first-order chi connectivity index (χ1) is 13.5. The second kappa shape index (κ2) is 7.00. The zero-order valence-corrected chi connectivity index (χ0v) is 16.8. The summed E-state index contributed by atoms with van der Waals surface area (Å²) >= 11 is 0. The average molecular weight is 395 g/mol. The Labute approximate surface area is 169 Å². The van der Waals surface area contributed by atoms with Gasteiger partial charge in [-0.1, -0.05) is 36.3 Å². The largest absolute Gasteiger partial charge is 0.346 e. The lowest BCUT2D eigenvalue weighted by atomic mass is 9.73. The predicted molar refractivity (Wildman–Crippen MR) is 108 cm³/mol. The third-order valence-electron chi connectivity index (χ3n) is 5.69. The predicted octanol–water partition coefficient (Wildman–Crippen LogP) is 3.87. The van der Waals surface area contributed by atoms with Gasteiger partial charge in [-0.3, -0.25) is 15.1 Å². The molecule has 1 heterocycles. The Morgan fingerprint density at radius 3 is 2.38 bits per heavy atom. The molecule has 0 saturated carbocycles. The molecule has 1 fully saturated rings. The van der Waals surface area contributed by atoms with E-state index in [1.54, 1.807) is 19.1 Å². The lowest BCUT2D eigenvalue weighted by Gasteiger charge is -2.46. The van der Waals surface area contributed by atoms with Crippen LogP contribution in [0.2, 0.25) is 0 Å². The van der Waals surface area contributed by atoms with Crippen molar-refractivity contribution in [3.63, 3.8) is 0 Å². The molecular weight excluding hydrogens is 372 g/mol. The molecule has 2 aromatic carbocycles. The third-order valence-corrected chi connectivity index (χ3v) is 5.69. The molecule has 6 heteroatoms. The van der Waals surface area contributed by atoms with Gasteiger partial charge in [-0.25, -0.2) is 8.78 Å². The Bertz CT molecular complexity index is 1020. The van der Waals surface area contributed by atoms with Crippen LogP contribution in [0.5, 0.6) is 0 Å². The molecule has 0 bridgehead atoms. The molecule has 1 aliphatic rings. The van der Waals surface area contributed by atoms with Gasteiger partial charge in [-0.05, 0) is 38.0 Å². The lowest BCUT2D eigenvalue weighted by molar-refractivity contribution is -0.131. The molecule has 3 rings (SSSR count). The number of hydrogen-bond donors (Lipinski definition) is 2. The number of halogens is 2. The molecule has 1 amide bonds. The molecule has 150 valence electrons. The molecule has 1 saturated heterocycles. The molecule has 0 aliphatic carbocycles. The number of rotatable bonds is 3. The van der Waals surface area contributed by atoms with Crippen molar-refractivity contribution in [1.82, 2.24) is 10.2 Å². The van der Waals surface area contributed by atoms with Crippen molar-refractivity contribution < 1.29 is 13.6 Å². The van der Waals surface area contributed by atoms with E-state index in [-0.39, 0.29) is 17.4 Å². The summed E-state index contributed by atoms with van der Waals surface area (Å²) in [6.45, 7) is 5.48. The Kier molecular flexibility index (Phi) is 4.96. The van der Waals surface area contributed by atoms with Crippen LogP contribution in [0.15, 0.2) is 42.5 Å². The van der Waals surface area contributed by atoms with Crippen LogP contribution in [0.3, 0.4) is 0 Å². The highest BCUT2D eigenvalue weighted by Gasteiger charge is 2.49. The number of hydrogen-bond acceptors (Lipinski definition) is 2. The van der Waals surface area contributed by atoms with E-state index in [4.69, 9.17) is 11.8 Å². The normalized spacial score (nSPS) is 22.2. The van der Waals surface area contributed by atoms with Crippen molar-refractivity contribution in [2.75, 3.05) is 7.05 Å². The van der Waals surface area contributed by atoms with Gasteiger partial charge in [0.1, 0.15) is 11.6 Å². The summed E-state index contributed by atoms with van der Waals surface area (Å²) in [6, 6.07) is 10.5. The Morgan fingerprint density at radius 2 is 1.83 bits per heavy atom. The average Bonchev–Trinajstić information content (AvgIpc) is 2.66. The third kappa shape index (κ3) is 3.38. The van der Waals surface area contributed by atoms with Crippen LogP contribution in [-0.4, -0.2) is 23.8 Å². The molecule has 2 atom stereocenters. The number of nitrogens with one attached hydrogen (secondary N) is 2. The minimum Gasteiger partial charge on any atom is -0.346 e. The topological polar surface area (TPSA) is 56.2 Å². The van der Waals surface area contributed by atoms with Crippen molar-refractivity contribution in [2.45, 2.75) is 37.6 Å². The number of carbonyl (C=O) groups excluding carboxylic acids is 1. The highest BCUT2D eigenvalue weighted by Crippen LogP contribution is 2.42. The second-order valence-corrected chi connectivity index (χ2v) is 8.02. The van der Waals surface area contributed by atoms with Crippen LogP contribution in [0.25, 0.3) is 0 Å². The Hall–Kier alpha value is -3.20. The van der Waals surface area contributed by atoms with Gasteiger partial charge >= 0.3 is 0 Å². The summed E-state index contributed by atoms with van der Waals surface area (Å²) in [5.74, 6) is -0.0890. The van der Waals surface area contributed by atoms with Crippen molar-refractivity contribution in [3.05, 3.63) is 70.8 Å². The number of guanidine groups is 1. The standard InChI is InChI=1S/C23H23F2N3O/c1-6-22(2,3)15-9-7-14(8-10-15)19-20(29)28(5)21(26)27-23(19,4)17-12-11-16(24)13-18(17)25/h1,7-13,19H,2-5H3,(H2,26,27)/t19-,23-/m1/s1. The summed E-state index contributed by atoms with van der Waals surface area (Å²) in [5, 5.41) is 11.1. The molecule has 4 nitrogen and oxygen atoms in total. The van der Waals surface area contributed by atoms with Gasteiger partial charge in [-0.2, -0.15) is 0 Å². The molecule has 29 heavy (non-hydrogen) atoms. The molecule has 0 aromatic heterocycles. The zero-order chi connectivity index (χ0) is 21.6. The van der Waals surface area contributed by atoms with Crippen molar-refractivity contribution in [2.24, 2.45) is 0 Å². The zero-order valence-electron chi connectivity index (χ0n) is 16.8. The van der Waals surface area contributed by atoms with Crippen molar-refractivity contribution in [3.8, 4) is 12.3 Å². The van der Waals surface area contributed by atoms with Gasteiger partial charge in [0.15, 0.2) is 5.96 Å². The Balaban J connectivity index is 2.15. The van der Waals surface area contributed by atoms with Crippen LogP contribution in [0.1, 0.15) is 43.4 Å². The first kappa shape index (κ1) is 20.5. The van der Waals surface area contributed by atoms with Gasteiger partial charge < -0.3 is 5.32 Å². The van der Waals surface area contributed by atoms with E-state index in [1.165, 1.54) is 18.0 Å². The summed E-state index contributed by atoms with van der Waals surface area (Å²) in [7, 11) is 1.49. The van der Waals surface area contributed by atoms with E-state index < -0.39 is 28.5 Å². The first-order valence-corrected chi connectivity index (χ1v) is 9.19.